The van der Waals surface area contributed by atoms with Gasteiger partial charge in [-0.25, -0.2) is 4.79 Å². The number of carbonyl (C=O) groups is 1. The highest BCUT2D eigenvalue weighted by molar-refractivity contribution is 5.87. The minimum atomic E-state index is -1.93. The van der Waals surface area contributed by atoms with Gasteiger partial charge in [-0.05, 0) is 54.8 Å². The van der Waals surface area contributed by atoms with Crippen molar-refractivity contribution in [1.29, 1.82) is 0 Å². The van der Waals surface area contributed by atoms with Crippen molar-refractivity contribution in [3.8, 4) is 23.0 Å². The summed E-state index contributed by atoms with van der Waals surface area (Å²) in [5.74, 6) is -0.871. The molecular formula is C37H50O20. The lowest BCUT2D eigenvalue weighted by atomic mass is 9.96. The van der Waals surface area contributed by atoms with E-state index in [9.17, 15) is 55.9 Å². The summed E-state index contributed by atoms with van der Waals surface area (Å²) >= 11 is 0. The van der Waals surface area contributed by atoms with Gasteiger partial charge in [0.2, 0.25) is 0 Å². The molecule has 3 saturated heterocycles. The van der Waals surface area contributed by atoms with Crippen molar-refractivity contribution in [1.82, 2.24) is 0 Å². The number of esters is 1. The number of aliphatic hydroxyl groups is 8. The molecule has 0 aliphatic carbocycles. The van der Waals surface area contributed by atoms with Crippen LogP contribution >= 0.6 is 0 Å². The van der Waals surface area contributed by atoms with Crippen molar-refractivity contribution in [2.45, 2.75) is 105 Å². The molecule has 3 aliphatic heterocycles. The monoisotopic (exact) mass is 814 g/mol. The van der Waals surface area contributed by atoms with Gasteiger partial charge in [-0.15, -0.1) is 0 Å². The number of hydrogen-bond donors (Lipinski definition) is 10. The average Bonchev–Trinajstić information content (AvgIpc) is 3.20. The van der Waals surface area contributed by atoms with Crippen molar-refractivity contribution in [2.24, 2.45) is 0 Å². The molecule has 3 heterocycles. The van der Waals surface area contributed by atoms with Gasteiger partial charge in [0.15, 0.2) is 48.0 Å². The van der Waals surface area contributed by atoms with E-state index in [2.05, 4.69) is 0 Å². The number of carbonyl (C=O) groups excluding carboxylic acids is 1. The molecule has 2 aromatic carbocycles. The summed E-state index contributed by atoms with van der Waals surface area (Å²) < 4.78 is 50.9. The second-order valence-corrected chi connectivity index (χ2v) is 13.6. The van der Waals surface area contributed by atoms with E-state index in [1.165, 1.54) is 51.5 Å². The second-order valence-electron chi connectivity index (χ2n) is 13.6. The van der Waals surface area contributed by atoms with Gasteiger partial charge in [-0.2, -0.15) is 0 Å². The van der Waals surface area contributed by atoms with E-state index < -0.39 is 111 Å². The highest BCUT2D eigenvalue weighted by Gasteiger charge is 2.54. The first-order valence-corrected chi connectivity index (χ1v) is 18.0. The quantitative estimate of drug-likeness (QED) is 0.0652. The van der Waals surface area contributed by atoms with E-state index in [0.717, 1.165) is 6.08 Å². The maximum Gasteiger partial charge on any atom is 0.331 e. The van der Waals surface area contributed by atoms with Gasteiger partial charge in [-0.3, -0.25) is 0 Å². The third kappa shape index (κ3) is 10.3. The molecule has 0 aromatic heterocycles. The molecule has 15 atom stereocenters. The zero-order valence-electron chi connectivity index (χ0n) is 31.2. The maximum absolute atomic E-state index is 13.3. The van der Waals surface area contributed by atoms with Gasteiger partial charge >= 0.3 is 5.97 Å². The molecule has 0 bridgehead atoms. The first-order chi connectivity index (χ1) is 27.2. The van der Waals surface area contributed by atoms with Gasteiger partial charge in [-0.1, -0.05) is 12.1 Å². The molecule has 0 saturated carbocycles. The first kappa shape index (κ1) is 44.4. The molecule has 57 heavy (non-hydrogen) atoms. The number of phenols is 2. The molecule has 3 aliphatic rings. The predicted molar refractivity (Wildman–Crippen MR) is 190 cm³/mol. The lowest BCUT2D eigenvalue weighted by molar-refractivity contribution is -0.386. The number of hydrogen-bond acceptors (Lipinski definition) is 20. The van der Waals surface area contributed by atoms with Crippen molar-refractivity contribution in [3.63, 3.8) is 0 Å². The zero-order chi connectivity index (χ0) is 41.6. The standard InChI is InChI=1S/C37H50O20/c1-16-26(43)29(46)34(57-36-30(47)28(45)27(44)23(14-38)53-36)37(52-16)56-33-31(48)35(51-11-10-18-5-8-20(41)22(13-18)50-3)54-24(15-39)32(33)55-25(42)9-6-17-4-7-19(40)21(12-17)49-2/h4-9,12-13,16,23-24,26-41,43-48H,10-11,14-15H2,1-3H3/b9-6+/t16-,23+,24+,26-,27+,28-,29+,30+,31+,32+,33+,34+,35+,36-,37-/m0/s1. The van der Waals surface area contributed by atoms with E-state index in [0.29, 0.717) is 11.1 Å². The van der Waals surface area contributed by atoms with Crippen LogP contribution in [0.25, 0.3) is 6.08 Å². The molecule has 0 radical (unpaired) electrons. The molecule has 318 valence electrons. The summed E-state index contributed by atoms with van der Waals surface area (Å²) in [6, 6.07) is 8.91. The van der Waals surface area contributed by atoms with E-state index in [4.69, 9.17) is 42.6 Å². The topological polar surface area (TPSA) is 302 Å². The Balaban J connectivity index is 1.41. The molecule has 20 nitrogen and oxygen atoms in total. The van der Waals surface area contributed by atoms with Crippen molar-refractivity contribution in [3.05, 3.63) is 53.6 Å². The number of methoxy groups -OCH3 is 2. The Bertz CT molecular complexity index is 1640. The first-order valence-electron chi connectivity index (χ1n) is 18.0. The summed E-state index contributed by atoms with van der Waals surface area (Å²) in [5, 5.41) is 105. The molecule has 2 aromatic rings. The molecular weight excluding hydrogens is 764 g/mol. The van der Waals surface area contributed by atoms with Crippen LogP contribution in [0.15, 0.2) is 42.5 Å². The lowest BCUT2D eigenvalue weighted by Crippen LogP contribution is -2.66. The third-order valence-corrected chi connectivity index (χ3v) is 9.79. The highest BCUT2D eigenvalue weighted by Crippen LogP contribution is 2.35. The van der Waals surface area contributed by atoms with Crippen LogP contribution in [0, 0.1) is 0 Å². The lowest BCUT2D eigenvalue weighted by Gasteiger charge is -2.48. The third-order valence-electron chi connectivity index (χ3n) is 9.79. The Labute approximate surface area is 326 Å². The summed E-state index contributed by atoms with van der Waals surface area (Å²) in [6.07, 6.45) is -22.4. The number of ether oxygens (including phenoxy) is 9. The largest absolute Gasteiger partial charge is 0.504 e. The van der Waals surface area contributed by atoms with E-state index in [1.807, 2.05) is 0 Å². The smallest absolute Gasteiger partial charge is 0.331 e. The number of benzene rings is 2. The van der Waals surface area contributed by atoms with Crippen molar-refractivity contribution < 1.29 is 98.5 Å². The van der Waals surface area contributed by atoms with Crippen LogP contribution in [0.2, 0.25) is 0 Å². The molecule has 0 amide bonds. The Hall–Kier alpha value is -3.71. The fourth-order valence-corrected chi connectivity index (χ4v) is 6.53. The van der Waals surface area contributed by atoms with Crippen molar-refractivity contribution in [2.75, 3.05) is 34.0 Å². The highest BCUT2D eigenvalue weighted by atomic mass is 16.8. The van der Waals surface area contributed by atoms with Gasteiger partial charge < -0.3 is 93.7 Å². The molecule has 3 fully saturated rings. The SMILES string of the molecule is COc1cc(/C=C/C(=O)O[C@H]2[C@H](O[C@@H]3O[C@@H](C)[C@H](O)[C@@H](O)[C@H]3O[C@@H]3O[C@H](CO)[C@@H](O)[C@H](O)[C@H]3O)[C@@H](O)[C@H](OCCc3ccc(O)c(OC)c3)O[C@@H]2CO)ccc1O. The molecule has 0 spiro atoms. The van der Waals surface area contributed by atoms with E-state index >= 15 is 0 Å². The normalized spacial score (nSPS) is 35.9. The number of phenolic OH excluding ortho intramolecular Hbond substituents is 2. The number of rotatable bonds is 15. The van der Waals surface area contributed by atoms with Gasteiger partial charge in [0.1, 0.15) is 61.0 Å². The molecule has 5 rings (SSSR count). The van der Waals surface area contributed by atoms with Crippen LogP contribution in [0.1, 0.15) is 18.1 Å². The fraction of sp³-hybridized carbons (Fsp3) is 0.595. The van der Waals surface area contributed by atoms with Gasteiger partial charge in [0.25, 0.3) is 0 Å². The van der Waals surface area contributed by atoms with Crippen LogP contribution in [-0.2, 0) is 44.4 Å². The summed E-state index contributed by atoms with van der Waals surface area (Å²) in [4.78, 5) is 13.3. The molecule has 0 unspecified atom stereocenters. The zero-order valence-corrected chi connectivity index (χ0v) is 31.2. The van der Waals surface area contributed by atoms with E-state index in [-0.39, 0.29) is 36.0 Å². The van der Waals surface area contributed by atoms with E-state index in [1.54, 1.807) is 12.1 Å². The Morgan fingerprint density at radius 2 is 1.32 bits per heavy atom. The van der Waals surface area contributed by atoms with Crippen LogP contribution in [0.5, 0.6) is 23.0 Å². The predicted octanol–water partition coefficient (Wildman–Crippen LogP) is -2.59. The Morgan fingerprint density at radius 1 is 0.684 bits per heavy atom. The summed E-state index contributed by atoms with van der Waals surface area (Å²) in [7, 11) is 2.73. The number of aliphatic hydroxyl groups excluding tert-OH is 8. The van der Waals surface area contributed by atoms with Crippen molar-refractivity contribution >= 4 is 12.0 Å². The van der Waals surface area contributed by atoms with Gasteiger partial charge in [0.05, 0.1) is 40.1 Å². The summed E-state index contributed by atoms with van der Waals surface area (Å²) in [5.41, 5.74) is 1.11. The summed E-state index contributed by atoms with van der Waals surface area (Å²) in [6.45, 7) is -0.300. The fourth-order valence-electron chi connectivity index (χ4n) is 6.53. The minimum absolute atomic E-state index is 0.0806. The maximum atomic E-state index is 13.3. The number of aromatic hydroxyl groups is 2. The van der Waals surface area contributed by atoms with Crippen LogP contribution in [0.3, 0.4) is 0 Å². The minimum Gasteiger partial charge on any atom is -0.504 e. The average molecular weight is 815 g/mol. The Kier molecular flexibility index (Phi) is 15.4. The van der Waals surface area contributed by atoms with Crippen LogP contribution < -0.4 is 9.47 Å². The van der Waals surface area contributed by atoms with Crippen LogP contribution in [-0.4, -0.2) is 183 Å². The van der Waals surface area contributed by atoms with Crippen LogP contribution in [0.4, 0.5) is 0 Å². The van der Waals surface area contributed by atoms with Gasteiger partial charge in [0, 0.05) is 6.08 Å². The molecule has 10 N–H and O–H groups in total. The molecule has 20 heteroatoms. The second kappa shape index (κ2) is 19.8. The Morgan fingerprint density at radius 3 is 1.98 bits per heavy atom.